The molecule has 0 unspecified atom stereocenters. The lowest BCUT2D eigenvalue weighted by Gasteiger charge is -2.31. The molecule has 2 rings (SSSR count). The van der Waals surface area contributed by atoms with E-state index in [1.54, 1.807) is 6.07 Å². The Hall–Kier alpha value is -1.35. The molecule has 7 heteroatoms. The first-order valence-electron chi connectivity index (χ1n) is 10.9. The van der Waals surface area contributed by atoms with E-state index in [9.17, 15) is 9.50 Å². The number of nitrogens with one attached hydrogen (secondary N) is 1. The van der Waals surface area contributed by atoms with Crippen molar-refractivity contribution >= 4 is 35.6 Å². The van der Waals surface area contributed by atoms with Crippen molar-refractivity contribution in [2.24, 2.45) is 4.99 Å². The number of piperidine rings is 1. The molecule has 0 saturated carbocycles. The van der Waals surface area contributed by atoms with E-state index >= 15 is 0 Å². The van der Waals surface area contributed by atoms with Crippen molar-refractivity contribution in [3.05, 3.63) is 42.2 Å². The van der Waals surface area contributed by atoms with Crippen molar-refractivity contribution in [3.8, 4) is 0 Å². The predicted octanol–water partition coefficient (Wildman–Crippen LogP) is 4.55. The summed E-state index contributed by atoms with van der Waals surface area (Å²) in [7, 11) is 2.05. The van der Waals surface area contributed by atoms with Crippen LogP contribution >= 0.6 is 24.0 Å². The summed E-state index contributed by atoms with van der Waals surface area (Å²) in [4.78, 5) is 8.85. The van der Waals surface area contributed by atoms with Crippen LogP contribution in [0.4, 0.5) is 10.1 Å². The van der Waals surface area contributed by atoms with Crippen LogP contribution in [0.25, 0.3) is 0 Å². The highest BCUT2D eigenvalue weighted by Gasteiger charge is 2.19. The molecule has 30 heavy (non-hydrogen) atoms. The normalized spacial score (nSPS) is 14.9. The highest BCUT2D eigenvalue weighted by Crippen LogP contribution is 2.24. The van der Waals surface area contributed by atoms with E-state index < -0.39 is 0 Å². The highest BCUT2D eigenvalue weighted by atomic mass is 127. The first-order chi connectivity index (χ1) is 14.0. The molecule has 1 saturated heterocycles. The SMILES string of the molecule is C=CCCCCCN(C)C(=NCc1ccc(N2CCC(O)CC2)c(F)c1)NCC.I. The Labute approximate surface area is 198 Å². The maximum Gasteiger partial charge on any atom is 0.193 e. The molecule has 170 valence electrons. The number of aliphatic hydroxyl groups is 1. The molecule has 1 fully saturated rings. The first-order valence-corrected chi connectivity index (χ1v) is 10.9. The Kier molecular flexibility index (Phi) is 13.0. The second-order valence-electron chi connectivity index (χ2n) is 7.73. The minimum Gasteiger partial charge on any atom is -0.393 e. The van der Waals surface area contributed by atoms with E-state index in [-0.39, 0.29) is 35.9 Å². The van der Waals surface area contributed by atoms with Gasteiger partial charge >= 0.3 is 0 Å². The Balaban J connectivity index is 0.00000450. The second kappa shape index (κ2) is 14.6. The average molecular weight is 532 g/mol. The van der Waals surface area contributed by atoms with Crippen molar-refractivity contribution in [2.75, 3.05) is 38.1 Å². The van der Waals surface area contributed by atoms with Gasteiger partial charge in [0, 0.05) is 33.2 Å². The molecule has 0 atom stereocenters. The third kappa shape index (κ3) is 8.79. The molecular formula is C23H38FIN4O. The van der Waals surface area contributed by atoms with Crippen LogP contribution in [0.1, 0.15) is 51.0 Å². The van der Waals surface area contributed by atoms with Gasteiger partial charge in [0.25, 0.3) is 0 Å². The van der Waals surface area contributed by atoms with Crippen LogP contribution in [0.5, 0.6) is 0 Å². The van der Waals surface area contributed by atoms with E-state index in [2.05, 4.69) is 23.7 Å². The number of aliphatic imine (C=N–C) groups is 1. The Bertz CT molecular complexity index is 663. The lowest BCUT2D eigenvalue weighted by Crippen LogP contribution is -2.39. The summed E-state index contributed by atoms with van der Waals surface area (Å²) in [6.45, 7) is 9.38. The number of hydrogen-bond donors (Lipinski definition) is 2. The molecule has 1 aliphatic heterocycles. The summed E-state index contributed by atoms with van der Waals surface area (Å²) in [5, 5.41) is 13.0. The van der Waals surface area contributed by atoms with Crippen molar-refractivity contribution in [3.63, 3.8) is 0 Å². The lowest BCUT2D eigenvalue weighted by atomic mass is 10.1. The molecule has 2 N–H and O–H groups in total. The zero-order chi connectivity index (χ0) is 21.1. The van der Waals surface area contributed by atoms with E-state index in [0.717, 1.165) is 37.5 Å². The topological polar surface area (TPSA) is 51.1 Å². The van der Waals surface area contributed by atoms with Crippen LogP contribution < -0.4 is 10.2 Å². The van der Waals surface area contributed by atoms with Crippen LogP contribution in [-0.2, 0) is 6.54 Å². The zero-order valence-corrected chi connectivity index (χ0v) is 20.8. The van der Waals surface area contributed by atoms with Gasteiger partial charge in [0.1, 0.15) is 5.82 Å². The highest BCUT2D eigenvalue weighted by molar-refractivity contribution is 14.0. The van der Waals surface area contributed by atoms with Gasteiger partial charge in [0.05, 0.1) is 18.3 Å². The number of nitrogens with zero attached hydrogens (tertiary/aromatic N) is 3. The quantitative estimate of drug-likeness (QED) is 0.153. The Morgan fingerprint density at radius 2 is 2.07 bits per heavy atom. The minimum atomic E-state index is -0.258. The van der Waals surface area contributed by atoms with E-state index in [1.165, 1.54) is 12.8 Å². The third-order valence-electron chi connectivity index (χ3n) is 5.33. The summed E-state index contributed by atoms with van der Waals surface area (Å²) in [5.41, 5.74) is 1.48. The summed E-state index contributed by atoms with van der Waals surface area (Å²) < 4.78 is 14.6. The van der Waals surface area contributed by atoms with Gasteiger partial charge in [-0.05, 0) is 56.7 Å². The number of guanidine groups is 1. The maximum atomic E-state index is 14.6. The largest absolute Gasteiger partial charge is 0.393 e. The van der Waals surface area contributed by atoms with Gasteiger partial charge < -0.3 is 20.2 Å². The van der Waals surface area contributed by atoms with Gasteiger partial charge in [0.2, 0.25) is 0 Å². The second-order valence-corrected chi connectivity index (χ2v) is 7.73. The molecule has 0 bridgehead atoms. The van der Waals surface area contributed by atoms with Gasteiger partial charge in [-0.15, -0.1) is 30.6 Å². The number of aliphatic hydroxyl groups excluding tert-OH is 1. The van der Waals surface area contributed by atoms with Gasteiger partial charge in [-0.25, -0.2) is 9.38 Å². The van der Waals surface area contributed by atoms with Crippen LogP contribution in [0.15, 0.2) is 35.8 Å². The molecule has 0 spiro atoms. The third-order valence-corrected chi connectivity index (χ3v) is 5.33. The van der Waals surface area contributed by atoms with Crippen LogP contribution in [0.3, 0.4) is 0 Å². The van der Waals surface area contributed by atoms with Gasteiger partial charge in [-0.1, -0.05) is 18.6 Å². The summed E-state index contributed by atoms with van der Waals surface area (Å²) in [5.74, 6) is 0.639. The molecule has 0 aliphatic carbocycles. The molecule has 0 aromatic heterocycles. The fraction of sp³-hybridized carbons (Fsp3) is 0.609. The van der Waals surface area contributed by atoms with Gasteiger partial charge in [-0.2, -0.15) is 0 Å². The molecule has 0 radical (unpaired) electrons. The molecule has 5 nitrogen and oxygen atoms in total. The van der Waals surface area contributed by atoms with E-state index in [0.29, 0.717) is 38.2 Å². The molecule has 1 heterocycles. The smallest absolute Gasteiger partial charge is 0.193 e. The first kappa shape index (κ1) is 26.7. The zero-order valence-electron chi connectivity index (χ0n) is 18.4. The molecule has 1 aliphatic rings. The van der Waals surface area contributed by atoms with Gasteiger partial charge in [-0.3, -0.25) is 0 Å². The van der Waals surface area contributed by atoms with Crippen molar-refractivity contribution in [1.29, 1.82) is 0 Å². The summed E-state index contributed by atoms with van der Waals surface area (Å²) >= 11 is 0. The fourth-order valence-corrected chi connectivity index (χ4v) is 3.57. The number of allylic oxidation sites excluding steroid dienone is 1. The van der Waals surface area contributed by atoms with Crippen molar-refractivity contribution in [1.82, 2.24) is 10.2 Å². The molecule has 1 aromatic rings. The minimum absolute atomic E-state index is 0. The summed E-state index contributed by atoms with van der Waals surface area (Å²) in [6.07, 6.45) is 7.62. The number of hydrogen-bond acceptors (Lipinski definition) is 3. The monoisotopic (exact) mass is 532 g/mol. The number of halogens is 2. The van der Waals surface area contributed by atoms with Crippen LogP contribution in [0.2, 0.25) is 0 Å². The Morgan fingerprint density at radius 1 is 1.33 bits per heavy atom. The molecule has 0 amide bonds. The average Bonchev–Trinajstić information content (AvgIpc) is 2.71. The molecule has 1 aromatic carbocycles. The van der Waals surface area contributed by atoms with E-state index in [1.807, 2.05) is 30.2 Å². The lowest BCUT2D eigenvalue weighted by molar-refractivity contribution is 0.145. The number of rotatable bonds is 10. The standard InChI is InChI=1S/C23H37FN4O.HI/c1-4-6-7-8-9-14-27(3)23(25-5-2)26-18-19-10-11-22(21(24)17-19)28-15-12-20(29)13-16-28;/h4,10-11,17,20,29H,1,5-9,12-16,18H2,2-3H3,(H,25,26);1H. The molecular weight excluding hydrogens is 494 g/mol. The number of benzene rings is 1. The van der Waals surface area contributed by atoms with E-state index in [4.69, 9.17) is 4.99 Å². The van der Waals surface area contributed by atoms with Crippen LogP contribution in [-0.4, -0.2) is 55.3 Å². The summed E-state index contributed by atoms with van der Waals surface area (Å²) in [6, 6.07) is 5.38. The van der Waals surface area contributed by atoms with Gasteiger partial charge in [0.15, 0.2) is 5.96 Å². The van der Waals surface area contributed by atoms with Crippen molar-refractivity contribution in [2.45, 2.75) is 58.1 Å². The number of anilines is 1. The number of unbranched alkanes of at least 4 members (excludes halogenated alkanes) is 3. The predicted molar refractivity (Wildman–Crippen MR) is 135 cm³/mol. The van der Waals surface area contributed by atoms with Crippen molar-refractivity contribution < 1.29 is 9.50 Å². The maximum absolute atomic E-state index is 14.6. The Morgan fingerprint density at radius 3 is 2.70 bits per heavy atom. The fourth-order valence-electron chi connectivity index (χ4n) is 3.57. The van der Waals surface area contributed by atoms with Crippen LogP contribution in [0, 0.1) is 5.82 Å².